The molecule has 3 N–H and O–H groups in total. The lowest BCUT2D eigenvalue weighted by atomic mass is 10.1. The van der Waals surface area contributed by atoms with Crippen molar-refractivity contribution in [3.8, 4) is 6.07 Å². The Hall–Kier alpha value is -1.73. The van der Waals surface area contributed by atoms with Gasteiger partial charge in [-0.05, 0) is 37.5 Å². The highest BCUT2D eigenvalue weighted by Gasteiger charge is 2.14. The lowest BCUT2D eigenvalue weighted by Gasteiger charge is -2.11. The molecule has 0 saturated carbocycles. The van der Waals surface area contributed by atoms with E-state index in [4.69, 9.17) is 15.7 Å². The van der Waals surface area contributed by atoms with E-state index in [1.807, 2.05) is 6.07 Å². The fraction of sp³-hybridized carbons (Fsp3) is 0.462. The van der Waals surface area contributed by atoms with Crippen LogP contribution in [0.4, 0.5) is 11.4 Å². The first kappa shape index (κ1) is 11.7. The van der Waals surface area contributed by atoms with Crippen LogP contribution < -0.4 is 11.1 Å². The van der Waals surface area contributed by atoms with Gasteiger partial charge in [0.05, 0.1) is 17.4 Å². The number of anilines is 2. The van der Waals surface area contributed by atoms with Gasteiger partial charge in [0, 0.05) is 18.8 Å². The predicted octanol–water partition coefficient (Wildman–Crippen LogP) is 2.12. The molecule has 0 aromatic heterocycles. The minimum atomic E-state index is 0.401. The Morgan fingerprint density at radius 2 is 2.41 bits per heavy atom. The molecule has 4 heteroatoms. The van der Waals surface area contributed by atoms with E-state index in [0.29, 0.717) is 17.4 Å². The first-order chi connectivity index (χ1) is 8.29. The van der Waals surface area contributed by atoms with Gasteiger partial charge in [-0.1, -0.05) is 0 Å². The molecule has 2 rings (SSSR count). The van der Waals surface area contributed by atoms with E-state index in [0.717, 1.165) is 31.7 Å². The monoisotopic (exact) mass is 231 g/mol. The highest BCUT2D eigenvalue weighted by molar-refractivity contribution is 5.62. The van der Waals surface area contributed by atoms with Gasteiger partial charge in [0.15, 0.2) is 0 Å². The molecular formula is C13H17N3O. The van der Waals surface area contributed by atoms with Crippen molar-refractivity contribution in [3.63, 3.8) is 0 Å². The van der Waals surface area contributed by atoms with Gasteiger partial charge in [0.1, 0.15) is 6.07 Å². The van der Waals surface area contributed by atoms with E-state index in [-0.39, 0.29) is 0 Å². The number of nitriles is 1. The van der Waals surface area contributed by atoms with Crippen LogP contribution in [0, 0.1) is 11.3 Å². The SMILES string of the molecule is N#Cc1ccc(NCCC2CCCO2)cc1N. The highest BCUT2D eigenvalue weighted by atomic mass is 16.5. The average molecular weight is 231 g/mol. The second-order valence-electron chi connectivity index (χ2n) is 4.26. The summed E-state index contributed by atoms with van der Waals surface area (Å²) >= 11 is 0. The van der Waals surface area contributed by atoms with E-state index in [9.17, 15) is 0 Å². The first-order valence-electron chi connectivity index (χ1n) is 5.94. The molecule has 1 aromatic rings. The van der Waals surface area contributed by atoms with Gasteiger partial charge in [-0.15, -0.1) is 0 Å². The second kappa shape index (κ2) is 5.55. The van der Waals surface area contributed by atoms with Crippen molar-refractivity contribution in [2.24, 2.45) is 0 Å². The summed E-state index contributed by atoms with van der Waals surface area (Å²) in [7, 11) is 0. The Kier molecular flexibility index (Phi) is 3.84. The summed E-state index contributed by atoms with van der Waals surface area (Å²) in [5.41, 5.74) is 7.74. The van der Waals surface area contributed by atoms with Crippen LogP contribution in [0.25, 0.3) is 0 Å². The quantitative estimate of drug-likeness (QED) is 0.779. The molecule has 1 aromatic carbocycles. The summed E-state index contributed by atoms with van der Waals surface area (Å²) in [6.45, 7) is 1.77. The third kappa shape index (κ3) is 3.11. The molecule has 1 aliphatic rings. The maximum atomic E-state index is 8.76. The molecule has 1 heterocycles. The molecule has 1 aliphatic heterocycles. The highest BCUT2D eigenvalue weighted by Crippen LogP contribution is 2.18. The third-order valence-corrected chi connectivity index (χ3v) is 2.99. The molecule has 1 atom stereocenters. The van der Waals surface area contributed by atoms with Gasteiger partial charge < -0.3 is 15.8 Å². The van der Waals surface area contributed by atoms with Gasteiger partial charge in [-0.3, -0.25) is 0 Å². The van der Waals surface area contributed by atoms with Crippen molar-refractivity contribution in [3.05, 3.63) is 23.8 Å². The Morgan fingerprint density at radius 3 is 3.06 bits per heavy atom. The van der Waals surface area contributed by atoms with Crippen molar-refractivity contribution in [1.82, 2.24) is 0 Å². The van der Waals surface area contributed by atoms with Crippen molar-refractivity contribution in [2.45, 2.75) is 25.4 Å². The Bertz CT molecular complexity index is 419. The predicted molar refractivity (Wildman–Crippen MR) is 67.7 cm³/mol. The largest absolute Gasteiger partial charge is 0.398 e. The van der Waals surface area contributed by atoms with Crippen LogP contribution in [0.3, 0.4) is 0 Å². The number of rotatable bonds is 4. The van der Waals surface area contributed by atoms with Crippen molar-refractivity contribution in [2.75, 3.05) is 24.2 Å². The van der Waals surface area contributed by atoms with Gasteiger partial charge in [-0.2, -0.15) is 5.26 Å². The molecule has 1 saturated heterocycles. The number of nitrogens with two attached hydrogens (primary N) is 1. The number of hydrogen-bond donors (Lipinski definition) is 2. The fourth-order valence-electron chi connectivity index (χ4n) is 2.02. The topological polar surface area (TPSA) is 71.1 Å². The molecule has 0 spiro atoms. The van der Waals surface area contributed by atoms with E-state index in [1.165, 1.54) is 6.42 Å². The van der Waals surface area contributed by atoms with Crippen LogP contribution in [0.2, 0.25) is 0 Å². The molecule has 0 amide bonds. The van der Waals surface area contributed by atoms with Gasteiger partial charge in [-0.25, -0.2) is 0 Å². The van der Waals surface area contributed by atoms with Crippen LogP contribution >= 0.6 is 0 Å². The Morgan fingerprint density at radius 1 is 1.53 bits per heavy atom. The number of nitrogens with zero attached hydrogens (tertiary/aromatic N) is 1. The molecule has 17 heavy (non-hydrogen) atoms. The zero-order chi connectivity index (χ0) is 12.1. The van der Waals surface area contributed by atoms with Crippen LogP contribution in [0.15, 0.2) is 18.2 Å². The molecule has 0 radical (unpaired) electrons. The standard InChI is InChI=1S/C13H17N3O/c14-9-10-3-4-11(8-13(10)15)16-6-5-12-2-1-7-17-12/h3-4,8,12,16H,1-2,5-7,15H2. The molecule has 0 bridgehead atoms. The Balaban J connectivity index is 1.82. The lowest BCUT2D eigenvalue weighted by Crippen LogP contribution is -2.12. The number of ether oxygens (including phenoxy) is 1. The van der Waals surface area contributed by atoms with Crippen LogP contribution in [-0.4, -0.2) is 19.3 Å². The summed E-state index contributed by atoms with van der Waals surface area (Å²) in [5.74, 6) is 0. The maximum absolute atomic E-state index is 8.76. The smallest absolute Gasteiger partial charge is 0.101 e. The van der Waals surface area contributed by atoms with E-state index in [1.54, 1.807) is 12.1 Å². The van der Waals surface area contributed by atoms with E-state index < -0.39 is 0 Å². The maximum Gasteiger partial charge on any atom is 0.101 e. The normalized spacial score (nSPS) is 18.9. The molecule has 4 nitrogen and oxygen atoms in total. The summed E-state index contributed by atoms with van der Waals surface area (Å²) in [4.78, 5) is 0. The van der Waals surface area contributed by atoms with E-state index >= 15 is 0 Å². The zero-order valence-corrected chi connectivity index (χ0v) is 9.78. The van der Waals surface area contributed by atoms with Gasteiger partial charge in [0.25, 0.3) is 0 Å². The summed E-state index contributed by atoms with van der Waals surface area (Å²) in [6, 6.07) is 7.47. The molecular weight excluding hydrogens is 214 g/mol. The van der Waals surface area contributed by atoms with Crippen LogP contribution in [0.5, 0.6) is 0 Å². The fourth-order valence-corrected chi connectivity index (χ4v) is 2.02. The van der Waals surface area contributed by atoms with Crippen molar-refractivity contribution < 1.29 is 4.74 Å². The van der Waals surface area contributed by atoms with Crippen molar-refractivity contribution in [1.29, 1.82) is 5.26 Å². The summed E-state index contributed by atoms with van der Waals surface area (Å²) in [6.07, 6.45) is 3.75. The number of benzene rings is 1. The van der Waals surface area contributed by atoms with Crippen LogP contribution in [0.1, 0.15) is 24.8 Å². The first-order valence-corrected chi connectivity index (χ1v) is 5.94. The molecule has 1 fully saturated rings. The van der Waals surface area contributed by atoms with E-state index in [2.05, 4.69) is 11.4 Å². The van der Waals surface area contributed by atoms with Crippen LogP contribution in [-0.2, 0) is 4.74 Å². The third-order valence-electron chi connectivity index (χ3n) is 2.99. The summed E-state index contributed by atoms with van der Waals surface area (Å²) < 4.78 is 5.54. The van der Waals surface area contributed by atoms with Gasteiger partial charge >= 0.3 is 0 Å². The second-order valence-corrected chi connectivity index (χ2v) is 4.26. The molecule has 0 aliphatic carbocycles. The molecule has 90 valence electrons. The number of nitrogens with one attached hydrogen (secondary N) is 1. The van der Waals surface area contributed by atoms with Crippen molar-refractivity contribution >= 4 is 11.4 Å². The minimum Gasteiger partial charge on any atom is -0.398 e. The lowest BCUT2D eigenvalue weighted by molar-refractivity contribution is 0.107. The Labute approximate surface area is 101 Å². The minimum absolute atomic E-state index is 0.401. The number of nitrogen functional groups attached to an aromatic ring is 1. The average Bonchev–Trinajstić information content (AvgIpc) is 2.82. The summed E-state index contributed by atoms with van der Waals surface area (Å²) in [5, 5.41) is 12.1. The zero-order valence-electron chi connectivity index (χ0n) is 9.78. The van der Waals surface area contributed by atoms with Gasteiger partial charge in [0.2, 0.25) is 0 Å². The molecule has 1 unspecified atom stereocenters. The number of hydrogen-bond acceptors (Lipinski definition) is 4.